The fourth-order valence-corrected chi connectivity index (χ4v) is 2.17. The molecular formula is C16H22O3. The number of benzene rings is 1. The summed E-state index contributed by atoms with van der Waals surface area (Å²) in [5.41, 5.74) is 0.654. The molecule has 3 nitrogen and oxygen atoms in total. The van der Waals surface area contributed by atoms with Crippen LogP contribution in [-0.2, 0) is 4.74 Å². The van der Waals surface area contributed by atoms with Crippen molar-refractivity contribution in [3.63, 3.8) is 0 Å². The topological polar surface area (TPSA) is 35.5 Å². The van der Waals surface area contributed by atoms with Crippen LogP contribution in [0.5, 0.6) is 5.75 Å². The van der Waals surface area contributed by atoms with Gasteiger partial charge in [0.1, 0.15) is 11.9 Å². The van der Waals surface area contributed by atoms with Gasteiger partial charge >= 0.3 is 0 Å². The first-order chi connectivity index (χ1) is 9.27. The molecule has 0 saturated heterocycles. The van der Waals surface area contributed by atoms with Crippen LogP contribution in [0.25, 0.3) is 0 Å². The van der Waals surface area contributed by atoms with E-state index in [1.54, 1.807) is 0 Å². The summed E-state index contributed by atoms with van der Waals surface area (Å²) in [4.78, 5) is 12.6. The number of ether oxygens (including phenoxy) is 2. The molecule has 3 heteroatoms. The Morgan fingerprint density at radius 2 is 2.05 bits per heavy atom. The number of carbonyl (C=O) groups excluding carboxylic acids is 1. The quantitative estimate of drug-likeness (QED) is 0.673. The Labute approximate surface area is 114 Å². The standard InChI is InChI=1S/C16H22O3/c1-3-11-19-14-8-6-5-7-13(14)15(17)16(18-4-2)12-9-10-12/h5-8,12,16H,3-4,9-11H2,1-2H3. The van der Waals surface area contributed by atoms with E-state index in [0.29, 0.717) is 30.4 Å². The van der Waals surface area contributed by atoms with Gasteiger partial charge in [0.05, 0.1) is 12.2 Å². The van der Waals surface area contributed by atoms with Crippen LogP contribution in [0.2, 0.25) is 0 Å². The zero-order valence-corrected chi connectivity index (χ0v) is 11.7. The van der Waals surface area contributed by atoms with Crippen LogP contribution >= 0.6 is 0 Å². The minimum atomic E-state index is -0.295. The molecule has 1 aliphatic rings. The molecule has 1 fully saturated rings. The van der Waals surface area contributed by atoms with Crippen LogP contribution in [0, 0.1) is 5.92 Å². The fraction of sp³-hybridized carbons (Fsp3) is 0.562. The summed E-state index contributed by atoms with van der Waals surface area (Å²) in [7, 11) is 0. The van der Waals surface area contributed by atoms with Crippen LogP contribution in [0.4, 0.5) is 0 Å². The van der Waals surface area contributed by atoms with E-state index in [2.05, 4.69) is 6.92 Å². The molecule has 0 N–H and O–H groups in total. The largest absolute Gasteiger partial charge is 0.493 e. The molecule has 0 aromatic heterocycles. The number of Topliss-reactive ketones (excluding diaryl/α,β-unsaturated/α-hetero) is 1. The minimum absolute atomic E-state index is 0.0658. The second-order valence-electron chi connectivity index (χ2n) is 4.92. The molecule has 0 heterocycles. The Kier molecular flexibility index (Phi) is 4.97. The first-order valence-electron chi connectivity index (χ1n) is 7.15. The first-order valence-corrected chi connectivity index (χ1v) is 7.15. The molecule has 0 aliphatic heterocycles. The van der Waals surface area contributed by atoms with Crippen molar-refractivity contribution in [2.45, 2.75) is 39.2 Å². The van der Waals surface area contributed by atoms with Crippen molar-refractivity contribution >= 4 is 5.78 Å². The van der Waals surface area contributed by atoms with Crippen LogP contribution in [0.1, 0.15) is 43.5 Å². The van der Waals surface area contributed by atoms with Crippen molar-refractivity contribution in [2.75, 3.05) is 13.2 Å². The summed E-state index contributed by atoms with van der Waals surface area (Å²) in [6.07, 6.45) is 2.82. The number of ketones is 1. The van der Waals surface area contributed by atoms with Crippen LogP contribution in [0.3, 0.4) is 0 Å². The van der Waals surface area contributed by atoms with Gasteiger partial charge in [-0.2, -0.15) is 0 Å². The third kappa shape index (κ3) is 3.57. The summed E-state index contributed by atoms with van der Waals surface area (Å²) in [5, 5.41) is 0. The summed E-state index contributed by atoms with van der Waals surface area (Å²) < 4.78 is 11.3. The second-order valence-corrected chi connectivity index (χ2v) is 4.92. The molecule has 1 aromatic rings. The molecule has 1 saturated carbocycles. The van der Waals surface area contributed by atoms with Crippen molar-refractivity contribution in [3.05, 3.63) is 29.8 Å². The van der Waals surface area contributed by atoms with Crippen molar-refractivity contribution in [1.82, 2.24) is 0 Å². The van der Waals surface area contributed by atoms with Gasteiger partial charge in [-0.3, -0.25) is 4.79 Å². The third-order valence-corrected chi connectivity index (χ3v) is 3.27. The van der Waals surface area contributed by atoms with Crippen LogP contribution < -0.4 is 4.74 Å². The summed E-state index contributed by atoms with van der Waals surface area (Å²) in [5.74, 6) is 1.14. The minimum Gasteiger partial charge on any atom is -0.493 e. The molecule has 1 aliphatic carbocycles. The lowest BCUT2D eigenvalue weighted by Gasteiger charge is -2.17. The third-order valence-electron chi connectivity index (χ3n) is 3.27. The van der Waals surface area contributed by atoms with E-state index in [9.17, 15) is 4.79 Å². The van der Waals surface area contributed by atoms with Gasteiger partial charge in [0.15, 0.2) is 5.78 Å². The summed E-state index contributed by atoms with van der Waals surface area (Å²) in [6.45, 7) is 5.19. The van der Waals surface area contributed by atoms with Crippen LogP contribution in [-0.4, -0.2) is 25.1 Å². The SMILES string of the molecule is CCCOc1ccccc1C(=O)C(OCC)C1CC1. The van der Waals surface area contributed by atoms with E-state index in [1.165, 1.54) is 0 Å². The van der Waals surface area contributed by atoms with E-state index in [1.807, 2.05) is 31.2 Å². The predicted molar refractivity (Wildman–Crippen MR) is 74.7 cm³/mol. The Hall–Kier alpha value is -1.35. The summed E-state index contributed by atoms with van der Waals surface area (Å²) in [6, 6.07) is 7.47. The fourth-order valence-electron chi connectivity index (χ4n) is 2.17. The monoisotopic (exact) mass is 262 g/mol. The van der Waals surface area contributed by atoms with Gasteiger partial charge in [-0.25, -0.2) is 0 Å². The number of hydrogen-bond donors (Lipinski definition) is 0. The average molecular weight is 262 g/mol. The molecule has 0 amide bonds. The maximum absolute atomic E-state index is 12.6. The lowest BCUT2D eigenvalue weighted by molar-refractivity contribution is 0.0371. The Morgan fingerprint density at radius 1 is 1.32 bits per heavy atom. The number of hydrogen-bond acceptors (Lipinski definition) is 3. The number of para-hydroxylation sites is 1. The molecule has 104 valence electrons. The van der Waals surface area contributed by atoms with E-state index in [0.717, 1.165) is 19.3 Å². The van der Waals surface area contributed by atoms with Gasteiger partial charge in [0, 0.05) is 6.61 Å². The van der Waals surface area contributed by atoms with Gasteiger partial charge in [-0.15, -0.1) is 0 Å². The summed E-state index contributed by atoms with van der Waals surface area (Å²) >= 11 is 0. The predicted octanol–water partition coefficient (Wildman–Crippen LogP) is 3.47. The van der Waals surface area contributed by atoms with Crippen LogP contribution in [0.15, 0.2) is 24.3 Å². The average Bonchev–Trinajstić information content (AvgIpc) is 3.26. The lowest BCUT2D eigenvalue weighted by atomic mass is 10.0. The highest BCUT2D eigenvalue weighted by Gasteiger charge is 2.37. The zero-order valence-electron chi connectivity index (χ0n) is 11.7. The van der Waals surface area contributed by atoms with E-state index in [4.69, 9.17) is 9.47 Å². The van der Waals surface area contributed by atoms with E-state index >= 15 is 0 Å². The molecule has 1 unspecified atom stereocenters. The Morgan fingerprint density at radius 3 is 2.68 bits per heavy atom. The molecule has 1 atom stereocenters. The molecule has 0 spiro atoms. The maximum Gasteiger partial charge on any atom is 0.195 e. The van der Waals surface area contributed by atoms with Gasteiger partial charge in [-0.05, 0) is 44.2 Å². The van der Waals surface area contributed by atoms with E-state index in [-0.39, 0.29) is 11.9 Å². The highest BCUT2D eigenvalue weighted by Crippen LogP contribution is 2.37. The molecular weight excluding hydrogens is 240 g/mol. The van der Waals surface area contributed by atoms with Gasteiger partial charge in [0.2, 0.25) is 0 Å². The first kappa shape index (κ1) is 14.1. The Bertz CT molecular complexity index is 424. The maximum atomic E-state index is 12.6. The highest BCUT2D eigenvalue weighted by atomic mass is 16.5. The van der Waals surface area contributed by atoms with Crippen molar-refractivity contribution < 1.29 is 14.3 Å². The normalized spacial score (nSPS) is 16.1. The number of rotatable bonds is 8. The van der Waals surface area contributed by atoms with Gasteiger partial charge in [0.25, 0.3) is 0 Å². The molecule has 0 bridgehead atoms. The van der Waals surface area contributed by atoms with E-state index < -0.39 is 0 Å². The lowest BCUT2D eigenvalue weighted by Crippen LogP contribution is -2.27. The van der Waals surface area contributed by atoms with Gasteiger partial charge in [-0.1, -0.05) is 19.1 Å². The number of carbonyl (C=O) groups is 1. The smallest absolute Gasteiger partial charge is 0.195 e. The van der Waals surface area contributed by atoms with Crippen molar-refractivity contribution in [1.29, 1.82) is 0 Å². The Balaban J connectivity index is 2.16. The molecule has 19 heavy (non-hydrogen) atoms. The zero-order chi connectivity index (χ0) is 13.7. The van der Waals surface area contributed by atoms with Crippen molar-refractivity contribution in [2.24, 2.45) is 5.92 Å². The molecule has 2 rings (SSSR count). The van der Waals surface area contributed by atoms with Crippen molar-refractivity contribution in [3.8, 4) is 5.75 Å². The van der Waals surface area contributed by atoms with Gasteiger partial charge < -0.3 is 9.47 Å². The molecule has 0 radical (unpaired) electrons. The second kappa shape index (κ2) is 6.71. The molecule has 1 aromatic carbocycles. The highest BCUT2D eigenvalue weighted by molar-refractivity contribution is 6.02.